The largest absolute Gasteiger partial charge is 2.00 e. The van der Waals surface area contributed by atoms with E-state index in [1.165, 1.54) is 0 Å². The van der Waals surface area contributed by atoms with Crippen molar-refractivity contribution in [1.29, 1.82) is 0 Å². The summed E-state index contributed by atoms with van der Waals surface area (Å²) >= 11 is 0. The van der Waals surface area contributed by atoms with Crippen molar-refractivity contribution in [2.24, 2.45) is 0 Å². The van der Waals surface area contributed by atoms with Crippen molar-refractivity contribution in [2.45, 2.75) is 6.92 Å². The van der Waals surface area contributed by atoms with Gasteiger partial charge in [0.25, 0.3) is 0 Å². The van der Waals surface area contributed by atoms with Crippen molar-refractivity contribution < 1.29 is 22.9 Å². The maximum atomic E-state index is 12.0. The predicted molar refractivity (Wildman–Crippen MR) is 25.6 cm³/mol. The minimum Gasteiger partial charge on any atom is -0.373 e. The summed E-state index contributed by atoms with van der Waals surface area (Å²) in [6.07, 6.45) is 2.34. The van der Waals surface area contributed by atoms with Gasteiger partial charge in [-0.3, -0.25) is 4.39 Å². The maximum absolute atomic E-state index is 12.0. The Morgan fingerprint density at radius 3 is 2.67 bits per heavy atom. The number of nitrogens with zero attached hydrogens (tertiary/aromatic N) is 2. The molecule has 1 rings (SSSR count). The van der Waals surface area contributed by atoms with Crippen LogP contribution in [0.15, 0.2) is 6.07 Å². The van der Waals surface area contributed by atoms with Gasteiger partial charge in [0.1, 0.15) is 0 Å². The summed E-state index contributed by atoms with van der Waals surface area (Å²) in [5.41, 5.74) is 0. The van der Waals surface area contributed by atoms with Gasteiger partial charge in [0.05, 0.1) is 5.95 Å². The minimum atomic E-state index is -0.530. The first-order valence-electron chi connectivity index (χ1n) is 2.16. The number of aryl methyl sites for hydroxylation is 1. The molecule has 0 unspecified atom stereocenters. The summed E-state index contributed by atoms with van der Waals surface area (Å²) in [6.45, 7) is 1.61. The van der Waals surface area contributed by atoms with Crippen LogP contribution in [0.3, 0.4) is 0 Å². The van der Waals surface area contributed by atoms with Crippen molar-refractivity contribution in [3.8, 4) is 0 Å². The third-order valence-electron chi connectivity index (χ3n) is 0.679. The van der Waals surface area contributed by atoms with Gasteiger partial charge in [0.2, 0.25) is 0 Å². The van der Waals surface area contributed by atoms with Crippen molar-refractivity contribution in [3.63, 3.8) is 0 Å². The molecule has 0 amide bonds. The van der Waals surface area contributed by atoms with Crippen LogP contribution < -0.4 is 0 Å². The second-order valence-corrected chi connectivity index (χ2v) is 1.37. The Labute approximate surface area is 64.4 Å². The third-order valence-corrected chi connectivity index (χ3v) is 0.679. The molecule has 0 aliphatic rings. The van der Waals surface area contributed by atoms with Crippen LogP contribution in [0.5, 0.6) is 0 Å². The molecule has 45 valence electrons. The molecule has 0 bridgehead atoms. The zero-order chi connectivity index (χ0) is 5.98. The molecule has 0 spiro atoms. The van der Waals surface area contributed by atoms with Gasteiger partial charge < -0.3 is 9.97 Å². The summed E-state index contributed by atoms with van der Waals surface area (Å²) in [5, 5.41) is 0. The van der Waals surface area contributed by atoms with E-state index in [1.807, 2.05) is 0 Å². The average Bonchev–Trinajstić information content (AvgIpc) is 1.64. The Morgan fingerprint density at radius 2 is 2.33 bits per heavy atom. The topological polar surface area (TPSA) is 25.8 Å². The Morgan fingerprint density at radius 1 is 1.67 bits per heavy atom. The van der Waals surface area contributed by atoms with Gasteiger partial charge in [-0.25, -0.2) is 0 Å². The van der Waals surface area contributed by atoms with Crippen LogP contribution in [-0.4, -0.2) is 9.97 Å². The van der Waals surface area contributed by atoms with Crippen LogP contribution in [0, 0.1) is 19.1 Å². The van der Waals surface area contributed by atoms with Crippen LogP contribution in [0.1, 0.15) is 5.82 Å². The zero-order valence-electron chi connectivity index (χ0n) is 4.80. The molecular weight excluding hydrogens is 158 g/mol. The van der Waals surface area contributed by atoms with Crippen LogP contribution in [0.4, 0.5) is 4.39 Å². The van der Waals surface area contributed by atoms with E-state index in [-0.39, 0.29) is 18.6 Å². The fraction of sp³-hybridized carbons (Fsp3) is 0.200. The van der Waals surface area contributed by atoms with E-state index in [0.717, 1.165) is 6.07 Å². The van der Waals surface area contributed by atoms with Crippen molar-refractivity contribution in [3.05, 3.63) is 24.0 Å². The predicted octanol–water partition coefficient (Wildman–Crippen LogP) is 0.722. The third kappa shape index (κ3) is 2.58. The Balaban J connectivity index is 0.000000640. The van der Waals surface area contributed by atoms with Crippen LogP contribution in [-0.2, 0) is 18.6 Å². The SMILES string of the molecule is Cc1n[c-]cc(F)n1.[V+2]. The molecular formula is C5H4FN2V+. The molecule has 2 nitrogen and oxygen atoms in total. The first-order chi connectivity index (χ1) is 3.79. The van der Waals surface area contributed by atoms with Crippen molar-refractivity contribution >= 4 is 0 Å². The number of halogens is 1. The van der Waals surface area contributed by atoms with Gasteiger partial charge in [0, 0.05) is 5.82 Å². The van der Waals surface area contributed by atoms with Gasteiger partial charge in [-0.2, -0.15) is 0 Å². The average molecular weight is 162 g/mol. The van der Waals surface area contributed by atoms with E-state index < -0.39 is 5.95 Å². The van der Waals surface area contributed by atoms with Crippen LogP contribution in [0.25, 0.3) is 0 Å². The number of rotatable bonds is 0. The summed E-state index contributed by atoms with van der Waals surface area (Å²) in [6, 6.07) is 1.09. The van der Waals surface area contributed by atoms with Crippen molar-refractivity contribution in [2.75, 3.05) is 0 Å². The second-order valence-electron chi connectivity index (χ2n) is 1.37. The zero-order valence-corrected chi connectivity index (χ0v) is 6.19. The van der Waals surface area contributed by atoms with Crippen LogP contribution >= 0.6 is 0 Å². The quantitative estimate of drug-likeness (QED) is 0.415. The molecule has 0 aliphatic carbocycles. The van der Waals surface area contributed by atoms with E-state index in [9.17, 15) is 4.39 Å². The number of hydrogen-bond donors (Lipinski definition) is 0. The van der Waals surface area contributed by atoms with Gasteiger partial charge >= 0.3 is 18.6 Å². The standard InChI is InChI=1S/C5H4FN2.V/c1-4-7-3-2-5(6)8-4;/h2H,1H3;/q-1;+2. The molecule has 0 saturated heterocycles. The van der Waals surface area contributed by atoms with Gasteiger partial charge in [-0.1, -0.05) is 13.1 Å². The van der Waals surface area contributed by atoms with Crippen LogP contribution in [0.2, 0.25) is 0 Å². The van der Waals surface area contributed by atoms with Gasteiger partial charge in [0.15, 0.2) is 0 Å². The second kappa shape index (κ2) is 3.59. The van der Waals surface area contributed by atoms with E-state index in [1.54, 1.807) is 6.92 Å². The van der Waals surface area contributed by atoms with E-state index in [0.29, 0.717) is 5.82 Å². The number of aromatic nitrogens is 2. The molecule has 1 radical (unpaired) electrons. The fourth-order valence-electron chi connectivity index (χ4n) is 0.391. The van der Waals surface area contributed by atoms with Gasteiger partial charge in [-0.05, 0) is 0 Å². The van der Waals surface area contributed by atoms with E-state index >= 15 is 0 Å². The smallest absolute Gasteiger partial charge is 0.373 e. The summed E-state index contributed by atoms with van der Waals surface area (Å²) in [7, 11) is 0. The molecule has 1 heterocycles. The number of hydrogen-bond acceptors (Lipinski definition) is 2. The first-order valence-corrected chi connectivity index (χ1v) is 2.16. The van der Waals surface area contributed by atoms with E-state index in [4.69, 9.17) is 0 Å². The van der Waals surface area contributed by atoms with Gasteiger partial charge in [-0.15, -0.1) is 6.07 Å². The minimum absolute atomic E-state index is 0. The molecule has 9 heavy (non-hydrogen) atoms. The molecule has 0 aromatic carbocycles. The molecule has 0 fully saturated rings. The fourth-order valence-corrected chi connectivity index (χ4v) is 0.391. The monoisotopic (exact) mass is 162 g/mol. The normalized spacial score (nSPS) is 8.22. The first kappa shape index (κ1) is 8.59. The molecule has 1 aromatic rings. The molecule has 1 aromatic heterocycles. The maximum Gasteiger partial charge on any atom is 2.00 e. The molecule has 0 saturated carbocycles. The summed E-state index contributed by atoms with van der Waals surface area (Å²) in [4.78, 5) is 6.93. The summed E-state index contributed by atoms with van der Waals surface area (Å²) in [5.74, 6) is -0.123. The van der Waals surface area contributed by atoms with Crippen molar-refractivity contribution in [1.82, 2.24) is 9.97 Å². The molecule has 0 aliphatic heterocycles. The summed E-state index contributed by atoms with van der Waals surface area (Å²) < 4.78 is 12.0. The Kier molecular flexibility index (Phi) is 3.43. The molecule has 0 atom stereocenters. The Bertz CT molecular complexity index is 175. The molecule has 4 heteroatoms. The molecule has 0 N–H and O–H groups in total. The Hall–Kier alpha value is -0.406. The van der Waals surface area contributed by atoms with E-state index in [2.05, 4.69) is 16.2 Å².